The van der Waals surface area contributed by atoms with Crippen LogP contribution in [0.15, 0.2) is 48.5 Å². The summed E-state index contributed by atoms with van der Waals surface area (Å²) >= 11 is 5.87. The molecule has 1 fully saturated rings. The van der Waals surface area contributed by atoms with Gasteiger partial charge < -0.3 is 10.6 Å². The number of benzene rings is 2. The quantitative estimate of drug-likeness (QED) is 0.793. The molecule has 2 aromatic rings. The van der Waals surface area contributed by atoms with Gasteiger partial charge in [0.2, 0.25) is 5.91 Å². The van der Waals surface area contributed by atoms with Gasteiger partial charge in [-0.25, -0.2) is 4.79 Å². The summed E-state index contributed by atoms with van der Waals surface area (Å²) in [6.45, 7) is 1.10. The summed E-state index contributed by atoms with van der Waals surface area (Å²) in [6.07, 6.45) is 0. The summed E-state index contributed by atoms with van der Waals surface area (Å²) in [5.41, 5.74) is -0.124. The molecule has 1 aliphatic heterocycles. The summed E-state index contributed by atoms with van der Waals surface area (Å²) in [4.78, 5) is 38.3. The van der Waals surface area contributed by atoms with Gasteiger partial charge in [0.25, 0.3) is 5.91 Å². The molecule has 3 rings (SSSR count). The van der Waals surface area contributed by atoms with Crippen LogP contribution >= 0.6 is 11.6 Å². The average molecular weight is 383 g/mol. The van der Waals surface area contributed by atoms with E-state index in [2.05, 4.69) is 10.6 Å². The number of nitriles is 1. The predicted octanol–water partition coefficient (Wildman–Crippen LogP) is 2.62. The monoisotopic (exact) mass is 382 g/mol. The molecule has 27 heavy (non-hydrogen) atoms. The molecule has 1 saturated heterocycles. The molecule has 0 bridgehead atoms. The van der Waals surface area contributed by atoms with Crippen LogP contribution in [-0.4, -0.2) is 29.3 Å². The van der Waals surface area contributed by atoms with E-state index in [9.17, 15) is 14.4 Å². The molecule has 2 N–H and O–H groups in total. The smallest absolute Gasteiger partial charge is 0.323 e. The van der Waals surface area contributed by atoms with E-state index in [1.165, 1.54) is 0 Å². The fourth-order valence-electron chi connectivity index (χ4n) is 2.84. The normalized spacial score (nSPS) is 18.8. The molecule has 1 aliphatic rings. The molecule has 0 radical (unpaired) electrons. The number of nitrogens with zero attached hydrogens (tertiary/aromatic N) is 2. The molecular weight excluding hydrogens is 368 g/mol. The predicted molar refractivity (Wildman–Crippen MR) is 98.8 cm³/mol. The Kier molecular flexibility index (Phi) is 4.84. The highest BCUT2D eigenvalue weighted by Crippen LogP contribution is 2.29. The summed E-state index contributed by atoms with van der Waals surface area (Å²) in [5, 5.41) is 14.8. The van der Waals surface area contributed by atoms with Crippen LogP contribution in [0, 0.1) is 11.3 Å². The highest BCUT2D eigenvalue weighted by Gasteiger charge is 2.49. The second-order valence-electron chi connectivity index (χ2n) is 6.16. The zero-order valence-electron chi connectivity index (χ0n) is 14.3. The number of rotatable bonds is 4. The van der Waals surface area contributed by atoms with Crippen molar-refractivity contribution < 1.29 is 14.4 Å². The maximum atomic E-state index is 12.8. The Hall–Kier alpha value is -3.37. The minimum absolute atomic E-state index is 0.286. The zero-order chi connectivity index (χ0) is 19.6. The first-order valence-corrected chi connectivity index (χ1v) is 8.42. The van der Waals surface area contributed by atoms with Gasteiger partial charge in [-0.3, -0.25) is 14.5 Å². The first-order chi connectivity index (χ1) is 12.8. The van der Waals surface area contributed by atoms with Crippen LogP contribution in [0.5, 0.6) is 0 Å². The van der Waals surface area contributed by atoms with Crippen LogP contribution in [-0.2, 0) is 15.1 Å². The van der Waals surface area contributed by atoms with Crippen molar-refractivity contribution >= 4 is 35.1 Å². The van der Waals surface area contributed by atoms with Gasteiger partial charge in [0.1, 0.15) is 18.2 Å². The van der Waals surface area contributed by atoms with Gasteiger partial charge in [-0.05, 0) is 36.8 Å². The van der Waals surface area contributed by atoms with Crippen LogP contribution in [0.25, 0.3) is 0 Å². The molecular formula is C19H15ClN4O3. The number of halogens is 1. The van der Waals surface area contributed by atoms with Crippen molar-refractivity contribution in [3.05, 3.63) is 64.7 Å². The Balaban J connectivity index is 1.77. The van der Waals surface area contributed by atoms with Crippen molar-refractivity contribution in [2.45, 2.75) is 12.5 Å². The van der Waals surface area contributed by atoms with E-state index in [0.717, 1.165) is 4.90 Å². The van der Waals surface area contributed by atoms with E-state index >= 15 is 0 Å². The third kappa shape index (κ3) is 3.48. The molecule has 0 aliphatic carbocycles. The minimum Gasteiger partial charge on any atom is -0.323 e. The topological polar surface area (TPSA) is 102 Å². The lowest BCUT2D eigenvalue weighted by Crippen LogP contribution is -2.42. The molecule has 136 valence electrons. The number of imide groups is 1. The van der Waals surface area contributed by atoms with Crippen LogP contribution in [0.3, 0.4) is 0 Å². The molecule has 0 unspecified atom stereocenters. The summed E-state index contributed by atoms with van der Waals surface area (Å²) < 4.78 is 0. The fourth-order valence-corrected chi connectivity index (χ4v) is 2.97. The Morgan fingerprint density at radius 2 is 1.89 bits per heavy atom. The van der Waals surface area contributed by atoms with Crippen LogP contribution in [0.1, 0.15) is 18.1 Å². The van der Waals surface area contributed by atoms with Gasteiger partial charge in [-0.15, -0.1) is 0 Å². The molecule has 1 atom stereocenters. The van der Waals surface area contributed by atoms with Gasteiger partial charge in [-0.2, -0.15) is 5.26 Å². The summed E-state index contributed by atoms with van der Waals surface area (Å²) in [7, 11) is 0. The number of hydrogen-bond acceptors (Lipinski definition) is 4. The van der Waals surface area contributed by atoms with Crippen LogP contribution in [0.2, 0.25) is 5.02 Å². The highest BCUT2D eigenvalue weighted by molar-refractivity contribution is 6.30. The minimum atomic E-state index is -1.29. The van der Waals surface area contributed by atoms with E-state index < -0.39 is 29.9 Å². The molecule has 0 spiro atoms. The number of carbonyl (C=O) groups excluding carboxylic acids is 3. The van der Waals surface area contributed by atoms with E-state index in [0.29, 0.717) is 16.3 Å². The number of urea groups is 1. The van der Waals surface area contributed by atoms with Crippen molar-refractivity contribution in [3.63, 3.8) is 0 Å². The summed E-state index contributed by atoms with van der Waals surface area (Å²) in [6, 6.07) is 14.3. The van der Waals surface area contributed by atoms with E-state index in [1.54, 1.807) is 55.5 Å². The van der Waals surface area contributed by atoms with Gasteiger partial charge in [0.05, 0.1) is 11.3 Å². The Morgan fingerprint density at radius 3 is 2.56 bits per heavy atom. The van der Waals surface area contributed by atoms with Crippen molar-refractivity contribution in [2.75, 3.05) is 11.9 Å². The zero-order valence-corrected chi connectivity index (χ0v) is 15.1. The number of carbonyl (C=O) groups is 3. The number of anilines is 1. The highest BCUT2D eigenvalue weighted by atomic mass is 35.5. The first-order valence-electron chi connectivity index (χ1n) is 8.04. The van der Waals surface area contributed by atoms with E-state index in [1.807, 2.05) is 6.07 Å². The van der Waals surface area contributed by atoms with Gasteiger partial charge >= 0.3 is 6.03 Å². The largest absolute Gasteiger partial charge is 0.325 e. The maximum Gasteiger partial charge on any atom is 0.325 e. The lowest BCUT2D eigenvalue weighted by molar-refractivity contribution is -0.133. The lowest BCUT2D eigenvalue weighted by Gasteiger charge is -2.22. The standard InChI is InChI=1S/C19H15ClN4O3/c1-19(13-6-8-14(20)9-7-13)17(26)24(18(27)23-19)11-16(25)22-15-5-3-2-4-12(15)10-21/h2-9H,11H2,1H3,(H,22,25)(H,23,27)/t19-/m1/s1. The molecule has 8 heteroatoms. The summed E-state index contributed by atoms with van der Waals surface area (Å²) in [5.74, 6) is -1.12. The number of hydrogen-bond donors (Lipinski definition) is 2. The van der Waals surface area contributed by atoms with Crippen molar-refractivity contribution in [2.24, 2.45) is 0 Å². The van der Waals surface area contributed by atoms with Crippen molar-refractivity contribution in [1.82, 2.24) is 10.2 Å². The lowest BCUT2D eigenvalue weighted by atomic mass is 9.92. The van der Waals surface area contributed by atoms with Gasteiger partial charge in [0, 0.05) is 5.02 Å². The van der Waals surface area contributed by atoms with Crippen LogP contribution < -0.4 is 10.6 Å². The Morgan fingerprint density at radius 1 is 1.22 bits per heavy atom. The first kappa shape index (κ1) is 18.4. The maximum absolute atomic E-state index is 12.8. The molecule has 0 aromatic heterocycles. The second-order valence-corrected chi connectivity index (χ2v) is 6.60. The van der Waals surface area contributed by atoms with Crippen molar-refractivity contribution in [3.8, 4) is 6.07 Å². The third-order valence-corrected chi connectivity index (χ3v) is 4.57. The Bertz CT molecular complexity index is 968. The molecule has 2 aromatic carbocycles. The average Bonchev–Trinajstić information content (AvgIpc) is 2.86. The molecule has 7 nitrogen and oxygen atoms in total. The third-order valence-electron chi connectivity index (χ3n) is 4.32. The van der Waals surface area contributed by atoms with Gasteiger partial charge in [0.15, 0.2) is 0 Å². The Labute approximate surface area is 160 Å². The van der Waals surface area contributed by atoms with E-state index in [4.69, 9.17) is 16.9 Å². The number of nitrogens with one attached hydrogen (secondary N) is 2. The number of para-hydroxylation sites is 1. The fraction of sp³-hybridized carbons (Fsp3) is 0.158. The second kappa shape index (κ2) is 7.09. The number of amides is 4. The molecule has 0 saturated carbocycles. The SMILES string of the molecule is C[C@]1(c2ccc(Cl)cc2)NC(=O)N(CC(=O)Nc2ccccc2C#N)C1=O. The van der Waals surface area contributed by atoms with E-state index in [-0.39, 0.29) is 5.56 Å². The molecule has 1 heterocycles. The van der Waals surface area contributed by atoms with Gasteiger partial charge in [-0.1, -0.05) is 35.9 Å². The molecule has 4 amide bonds. The van der Waals surface area contributed by atoms with Crippen LogP contribution in [0.4, 0.5) is 10.5 Å². The van der Waals surface area contributed by atoms with Crippen molar-refractivity contribution in [1.29, 1.82) is 5.26 Å².